The molecular weight excluding hydrogens is 470 g/mol. The lowest BCUT2D eigenvalue weighted by atomic mass is 10.2. The third-order valence-corrected chi connectivity index (χ3v) is 5.77. The highest BCUT2D eigenvalue weighted by Gasteiger charge is 2.23. The Balaban J connectivity index is 1.66. The molecule has 4 rings (SSSR count). The summed E-state index contributed by atoms with van der Waals surface area (Å²) in [6.45, 7) is 7.56. The van der Waals surface area contributed by atoms with Crippen LogP contribution in [-0.4, -0.2) is 52.8 Å². The van der Waals surface area contributed by atoms with Gasteiger partial charge in [0.2, 0.25) is 5.88 Å². The number of aliphatic hydroxyl groups is 1. The van der Waals surface area contributed by atoms with Gasteiger partial charge in [-0.05, 0) is 55.5 Å². The van der Waals surface area contributed by atoms with E-state index in [1.165, 1.54) is 0 Å². The summed E-state index contributed by atoms with van der Waals surface area (Å²) < 4.78 is 24.6. The van der Waals surface area contributed by atoms with Crippen molar-refractivity contribution in [1.29, 1.82) is 0 Å². The Kier molecular flexibility index (Phi) is 9.15. The molecule has 1 atom stereocenters. The number of para-hydroxylation sites is 1. The number of benzene rings is 2. The molecule has 0 aliphatic rings. The maximum absolute atomic E-state index is 10.7. The molecule has 0 radical (unpaired) electrons. The van der Waals surface area contributed by atoms with E-state index < -0.39 is 6.10 Å². The first-order valence-electron chi connectivity index (χ1n) is 12.1. The first kappa shape index (κ1) is 26.2. The fraction of sp³-hybridized carbons (Fsp3) is 0.276. The van der Waals surface area contributed by atoms with Crippen LogP contribution in [0.3, 0.4) is 0 Å². The van der Waals surface area contributed by atoms with Crippen LogP contribution in [0.4, 0.5) is 0 Å². The molecule has 0 spiro atoms. The van der Waals surface area contributed by atoms with E-state index in [1.807, 2.05) is 78.3 Å². The van der Waals surface area contributed by atoms with E-state index in [0.29, 0.717) is 37.9 Å². The highest BCUT2D eigenvalue weighted by atomic mass is 16.5. The Hall–Kier alpha value is -3.85. The Morgan fingerprint density at radius 1 is 1.05 bits per heavy atom. The fourth-order valence-electron chi connectivity index (χ4n) is 3.99. The minimum atomic E-state index is -0.689. The first-order valence-corrected chi connectivity index (χ1v) is 12.1. The molecule has 0 fully saturated rings. The van der Waals surface area contributed by atoms with Gasteiger partial charge in [0.25, 0.3) is 0 Å². The fourth-order valence-corrected chi connectivity index (χ4v) is 3.99. The smallest absolute Gasteiger partial charge is 0.227 e. The number of aromatic nitrogens is 2. The van der Waals surface area contributed by atoms with Crippen LogP contribution in [0.1, 0.15) is 17.0 Å². The second-order valence-corrected chi connectivity index (χ2v) is 8.62. The third-order valence-electron chi connectivity index (χ3n) is 5.77. The van der Waals surface area contributed by atoms with Gasteiger partial charge < -0.3 is 23.7 Å². The highest BCUT2D eigenvalue weighted by molar-refractivity contribution is 5.44. The van der Waals surface area contributed by atoms with Crippen molar-refractivity contribution in [3.05, 3.63) is 103 Å². The van der Waals surface area contributed by atoms with Crippen LogP contribution in [0.2, 0.25) is 0 Å². The van der Waals surface area contributed by atoms with Crippen molar-refractivity contribution >= 4 is 0 Å². The van der Waals surface area contributed by atoms with Crippen LogP contribution >= 0.6 is 0 Å². The van der Waals surface area contributed by atoms with Crippen LogP contribution in [0.15, 0.2) is 90.1 Å². The molecule has 2 aromatic heterocycles. The molecule has 4 aromatic rings. The van der Waals surface area contributed by atoms with E-state index in [1.54, 1.807) is 19.4 Å². The number of furan rings is 1. The van der Waals surface area contributed by atoms with Gasteiger partial charge in [0.05, 0.1) is 56.2 Å². The Bertz CT molecular complexity index is 1240. The van der Waals surface area contributed by atoms with E-state index in [4.69, 9.17) is 23.7 Å². The molecule has 37 heavy (non-hydrogen) atoms. The standard InChI is InChI=1S/C29H33N3O5/c1-4-16-35-21-24(33)18-31(19-27-11-8-17-36-27)20-28-22(2)30-32(23-9-6-5-7-10-23)29(28)37-26-14-12-25(34-3)13-15-26/h4-15,17,24,33H,1,16,18-21H2,2-3H3. The summed E-state index contributed by atoms with van der Waals surface area (Å²) in [7, 11) is 1.63. The Labute approximate surface area is 217 Å². The van der Waals surface area contributed by atoms with Crippen molar-refractivity contribution in [2.24, 2.45) is 0 Å². The molecule has 0 amide bonds. The first-order chi connectivity index (χ1) is 18.1. The molecule has 0 aliphatic heterocycles. The number of ether oxygens (including phenoxy) is 3. The van der Waals surface area contributed by atoms with Crippen molar-refractivity contribution in [3.63, 3.8) is 0 Å². The zero-order valence-electron chi connectivity index (χ0n) is 21.2. The molecule has 0 bridgehead atoms. The average molecular weight is 504 g/mol. The lowest BCUT2D eigenvalue weighted by molar-refractivity contribution is 0.0214. The molecule has 1 unspecified atom stereocenters. The number of rotatable bonds is 14. The minimum absolute atomic E-state index is 0.206. The maximum Gasteiger partial charge on any atom is 0.227 e. The molecular formula is C29H33N3O5. The summed E-state index contributed by atoms with van der Waals surface area (Å²) in [4.78, 5) is 2.10. The number of methoxy groups -OCH3 is 1. The molecule has 2 heterocycles. The second-order valence-electron chi connectivity index (χ2n) is 8.62. The van der Waals surface area contributed by atoms with Crippen LogP contribution < -0.4 is 9.47 Å². The third kappa shape index (κ3) is 7.10. The number of hydrogen-bond donors (Lipinski definition) is 1. The van der Waals surface area contributed by atoms with Gasteiger partial charge in [-0.25, -0.2) is 4.68 Å². The normalized spacial score (nSPS) is 12.0. The second kappa shape index (κ2) is 12.9. The van der Waals surface area contributed by atoms with Crippen molar-refractivity contribution in [1.82, 2.24) is 14.7 Å². The van der Waals surface area contributed by atoms with E-state index in [0.717, 1.165) is 28.5 Å². The SMILES string of the molecule is C=CCOCC(O)CN(Cc1ccco1)Cc1c(C)nn(-c2ccccc2)c1Oc1ccc(OC)cc1. The van der Waals surface area contributed by atoms with Crippen LogP contribution in [0.25, 0.3) is 5.69 Å². The van der Waals surface area contributed by atoms with Crippen molar-refractivity contribution < 1.29 is 23.7 Å². The van der Waals surface area contributed by atoms with Gasteiger partial charge in [0, 0.05) is 13.1 Å². The lowest BCUT2D eigenvalue weighted by Gasteiger charge is -2.24. The summed E-state index contributed by atoms with van der Waals surface area (Å²) in [5.74, 6) is 2.81. The van der Waals surface area contributed by atoms with Crippen molar-refractivity contribution in [2.45, 2.75) is 26.1 Å². The Morgan fingerprint density at radius 2 is 1.81 bits per heavy atom. The average Bonchev–Trinajstić information content (AvgIpc) is 3.53. The minimum Gasteiger partial charge on any atom is -0.497 e. The molecule has 8 heteroatoms. The highest BCUT2D eigenvalue weighted by Crippen LogP contribution is 2.32. The van der Waals surface area contributed by atoms with Crippen LogP contribution in [0, 0.1) is 6.92 Å². The zero-order valence-corrected chi connectivity index (χ0v) is 21.2. The zero-order chi connectivity index (χ0) is 26.0. The molecule has 0 aliphatic carbocycles. The summed E-state index contributed by atoms with van der Waals surface area (Å²) in [6.07, 6.45) is 2.62. The van der Waals surface area contributed by atoms with Gasteiger partial charge in [-0.3, -0.25) is 4.90 Å². The van der Waals surface area contributed by atoms with E-state index >= 15 is 0 Å². The summed E-state index contributed by atoms with van der Waals surface area (Å²) in [5, 5.41) is 15.5. The van der Waals surface area contributed by atoms with E-state index in [-0.39, 0.29) is 6.61 Å². The summed E-state index contributed by atoms with van der Waals surface area (Å²) >= 11 is 0. The predicted octanol–water partition coefficient (Wildman–Crippen LogP) is 5.14. The van der Waals surface area contributed by atoms with E-state index in [9.17, 15) is 5.11 Å². The maximum atomic E-state index is 10.7. The van der Waals surface area contributed by atoms with Gasteiger partial charge in [-0.1, -0.05) is 24.3 Å². The van der Waals surface area contributed by atoms with Gasteiger partial charge in [0.1, 0.15) is 17.3 Å². The van der Waals surface area contributed by atoms with Gasteiger partial charge in [-0.15, -0.1) is 6.58 Å². The molecule has 1 N–H and O–H groups in total. The monoisotopic (exact) mass is 503 g/mol. The van der Waals surface area contributed by atoms with Gasteiger partial charge >= 0.3 is 0 Å². The van der Waals surface area contributed by atoms with Crippen LogP contribution in [0.5, 0.6) is 17.4 Å². The summed E-state index contributed by atoms with van der Waals surface area (Å²) in [6, 6.07) is 21.1. The van der Waals surface area contributed by atoms with Crippen molar-refractivity contribution in [3.8, 4) is 23.1 Å². The predicted molar refractivity (Wildman–Crippen MR) is 141 cm³/mol. The topological polar surface area (TPSA) is 82.1 Å². The summed E-state index contributed by atoms with van der Waals surface area (Å²) in [5.41, 5.74) is 2.62. The molecule has 194 valence electrons. The van der Waals surface area contributed by atoms with Gasteiger partial charge in [-0.2, -0.15) is 5.10 Å². The Morgan fingerprint density at radius 3 is 2.49 bits per heavy atom. The number of hydrogen-bond acceptors (Lipinski definition) is 7. The van der Waals surface area contributed by atoms with E-state index in [2.05, 4.69) is 11.5 Å². The van der Waals surface area contributed by atoms with Gasteiger partial charge in [0.15, 0.2) is 0 Å². The quantitative estimate of drug-likeness (QED) is 0.188. The molecule has 2 aromatic carbocycles. The van der Waals surface area contributed by atoms with Crippen LogP contribution in [-0.2, 0) is 17.8 Å². The number of aryl methyl sites for hydroxylation is 1. The largest absolute Gasteiger partial charge is 0.497 e. The molecule has 0 saturated carbocycles. The molecule has 0 saturated heterocycles. The number of nitrogens with zero attached hydrogens (tertiary/aromatic N) is 3. The lowest BCUT2D eigenvalue weighted by Crippen LogP contribution is -2.34. The molecule has 8 nitrogen and oxygen atoms in total. The van der Waals surface area contributed by atoms with Crippen molar-refractivity contribution in [2.75, 3.05) is 26.9 Å². The number of aliphatic hydroxyl groups excluding tert-OH is 1.